The van der Waals surface area contributed by atoms with Crippen LogP contribution in [0.15, 0.2) is 0 Å². The fourth-order valence-electron chi connectivity index (χ4n) is 1.30. The van der Waals surface area contributed by atoms with E-state index < -0.39 is 50.2 Å². The number of methoxy groups -OCH3 is 2. The number of nitrogens with zero attached hydrogens (tertiary/aromatic N) is 1. The molecule has 9 heteroatoms. The van der Waals surface area contributed by atoms with Gasteiger partial charge < -0.3 is 15.2 Å². The van der Waals surface area contributed by atoms with Gasteiger partial charge in [-0.15, -0.1) is 0 Å². The second kappa shape index (κ2) is 7.95. The fourth-order valence-corrected chi connectivity index (χ4v) is 1.30. The van der Waals surface area contributed by atoms with Crippen molar-refractivity contribution in [2.45, 2.75) is 6.18 Å². The maximum absolute atomic E-state index is 12.6. The molecule has 1 unspecified atom stereocenters. The van der Waals surface area contributed by atoms with Gasteiger partial charge >= 0.3 is 18.1 Å². The van der Waals surface area contributed by atoms with Crippen molar-refractivity contribution in [1.82, 2.24) is 4.90 Å². The van der Waals surface area contributed by atoms with Gasteiger partial charge in [0.05, 0.1) is 33.2 Å². The average Bonchev–Trinajstić information content (AvgIpc) is 2.33. The molecule has 1 atom stereocenters. The lowest BCUT2D eigenvalue weighted by Gasteiger charge is -2.26. The predicted molar refractivity (Wildman–Crippen MR) is 59.1 cm³/mol. The molecule has 0 aliphatic heterocycles. The minimum absolute atomic E-state index is 0.446. The first kappa shape index (κ1) is 17.6. The van der Waals surface area contributed by atoms with E-state index >= 15 is 0 Å². The van der Waals surface area contributed by atoms with Crippen LogP contribution in [0.4, 0.5) is 13.2 Å². The molecule has 19 heavy (non-hydrogen) atoms. The summed E-state index contributed by atoms with van der Waals surface area (Å²) >= 11 is 0. The van der Waals surface area contributed by atoms with Crippen molar-refractivity contribution in [3.05, 3.63) is 0 Å². The summed E-state index contributed by atoms with van der Waals surface area (Å²) in [6, 6.07) is 0. The quantitative estimate of drug-likeness (QED) is 0.651. The third kappa shape index (κ3) is 6.97. The van der Waals surface area contributed by atoms with Crippen molar-refractivity contribution in [3.63, 3.8) is 0 Å². The number of carbonyl (C=O) groups excluding carboxylic acids is 2. The molecule has 0 aromatic carbocycles. The standard InChI is InChI=1S/C10H17F3N2O4/c1-18-8(16)5-15(6-9(17)19-2)4-7(3-14)10(11,12)13/h7H,3-6,14H2,1-2H3. The van der Waals surface area contributed by atoms with Gasteiger partial charge in [-0.3, -0.25) is 14.5 Å². The summed E-state index contributed by atoms with van der Waals surface area (Å²) in [5.74, 6) is -3.33. The van der Waals surface area contributed by atoms with E-state index in [9.17, 15) is 22.8 Å². The molecule has 0 heterocycles. The molecule has 0 saturated heterocycles. The van der Waals surface area contributed by atoms with Crippen LogP contribution in [0.1, 0.15) is 0 Å². The molecule has 0 aromatic rings. The first-order chi connectivity index (χ1) is 8.74. The van der Waals surface area contributed by atoms with Crippen molar-refractivity contribution in [2.75, 3.05) is 40.4 Å². The molecule has 0 aromatic heterocycles. The van der Waals surface area contributed by atoms with Crippen LogP contribution in [0.3, 0.4) is 0 Å². The summed E-state index contributed by atoms with van der Waals surface area (Å²) in [7, 11) is 2.20. The van der Waals surface area contributed by atoms with Crippen molar-refractivity contribution in [3.8, 4) is 0 Å². The zero-order valence-electron chi connectivity index (χ0n) is 10.7. The molecule has 2 N–H and O–H groups in total. The summed E-state index contributed by atoms with van der Waals surface area (Å²) in [6.07, 6.45) is -4.50. The molecule has 0 radical (unpaired) electrons. The molecule has 0 saturated carbocycles. The van der Waals surface area contributed by atoms with Gasteiger partial charge in [-0.05, 0) is 0 Å². The van der Waals surface area contributed by atoms with Gasteiger partial charge in [-0.2, -0.15) is 13.2 Å². The van der Waals surface area contributed by atoms with Crippen molar-refractivity contribution in [2.24, 2.45) is 11.7 Å². The lowest BCUT2D eigenvalue weighted by Crippen LogP contribution is -2.44. The van der Waals surface area contributed by atoms with Gasteiger partial charge in [-0.25, -0.2) is 0 Å². The van der Waals surface area contributed by atoms with Gasteiger partial charge in [0.25, 0.3) is 0 Å². The third-order valence-corrected chi connectivity index (χ3v) is 2.39. The van der Waals surface area contributed by atoms with E-state index in [0.29, 0.717) is 0 Å². The molecular formula is C10H17F3N2O4. The van der Waals surface area contributed by atoms with E-state index in [0.717, 1.165) is 19.1 Å². The normalized spacial score (nSPS) is 13.2. The molecule has 0 rings (SSSR count). The van der Waals surface area contributed by atoms with Gasteiger partial charge in [0, 0.05) is 13.1 Å². The van der Waals surface area contributed by atoms with Crippen LogP contribution >= 0.6 is 0 Å². The molecule has 112 valence electrons. The number of alkyl halides is 3. The molecule has 0 aliphatic carbocycles. The Morgan fingerprint density at radius 2 is 1.58 bits per heavy atom. The first-order valence-corrected chi connectivity index (χ1v) is 5.37. The number of ether oxygens (including phenoxy) is 2. The van der Waals surface area contributed by atoms with Crippen LogP contribution in [0.5, 0.6) is 0 Å². The second-order valence-corrected chi connectivity index (χ2v) is 3.80. The Hall–Kier alpha value is -1.35. The second-order valence-electron chi connectivity index (χ2n) is 3.80. The van der Waals surface area contributed by atoms with Gasteiger partial charge in [0.1, 0.15) is 0 Å². The van der Waals surface area contributed by atoms with Crippen LogP contribution < -0.4 is 5.73 Å². The largest absolute Gasteiger partial charge is 0.468 e. The number of hydrogen-bond donors (Lipinski definition) is 1. The van der Waals surface area contributed by atoms with Gasteiger partial charge in [0.2, 0.25) is 0 Å². The summed E-state index contributed by atoms with van der Waals surface area (Å²) in [6.45, 7) is -2.11. The summed E-state index contributed by atoms with van der Waals surface area (Å²) in [5.41, 5.74) is 5.05. The lowest BCUT2D eigenvalue weighted by molar-refractivity contribution is -0.179. The van der Waals surface area contributed by atoms with E-state index in [1.54, 1.807) is 0 Å². The zero-order chi connectivity index (χ0) is 15.1. The Balaban J connectivity index is 4.72. The molecule has 0 bridgehead atoms. The van der Waals surface area contributed by atoms with E-state index in [2.05, 4.69) is 9.47 Å². The van der Waals surface area contributed by atoms with E-state index in [1.807, 2.05) is 0 Å². The summed E-state index contributed by atoms with van der Waals surface area (Å²) < 4.78 is 46.4. The van der Waals surface area contributed by atoms with Crippen molar-refractivity contribution in [1.29, 1.82) is 0 Å². The molecule has 0 aliphatic rings. The van der Waals surface area contributed by atoms with E-state index in [4.69, 9.17) is 5.73 Å². The Bertz CT molecular complexity index is 292. The number of hydrogen-bond acceptors (Lipinski definition) is 6. The molecule has 6 nitrogen and oxygen atoms in total. The maximum Gasteiger partial charge on any atom is 0.394 e. The van der Waals surface area contributed by atoms with Crippen LogP contribution in [0.2, 0.25) is 0 Å². The van der Waals surface area contributed by atoms with Gasteiger partial charge in [-0.1, -0.05) is 0 Å². The number of esters is 2. The lowest BCUT2D eigenvalue weighted by atomic mass is 10.1. The Labute approximate surface area is 108 Å². The topological polar surface area (TPSA) is 81.9 Å². The molecular weight excluding hydrogens is 269 g/mol. The van der Waals surface area contributed by atoms with E-state index in [1.165, 1.54) is 0 Å². The number of carbonyl (C=O) groups is 2. The summed E-state index contributed by atoms with van der Waals surface area (Å²) in [5, 5.41) is 0. The third-order valence-electron chi connectivity index (χ3n) is 2.39. The van der Waals surface area contributed by atoms with Crippen LogP contribution in [0, 0.1) is 5.92 Å². The SMILES string of the molecule is COC(=O)CN(CC(=O)OC)CC(CN)C(F)(F)F. The van der Waals surface area contributed by atoms with Crippen LogP contribution in [0.25, 0.3) is 0 Å². The highest BCUT2D eigenvalue weighted by molar-refractivity contribution is 5.74. The van der Waals surface area contributed by atoms with Crippen molar-refractivity contribution >= 4 is 11.9 Å². The Morgan fingerprint density at radius 1 is 1.16 bits per heavy atom. The smallest absolute Gasteiger partial charge is 0.394 e. The monoisotopic (exact) mass is 286 g/mol. The van der Waals surface area contributed by atoms with Crippen molar-refractivity contribution < 1.29 is 32.2 Å². The fraction of sp³-hybridized carbons (Fsp3) is 0.800. The average molecular weight is 286 g/mol. The first-order valence-electron chi connectivity index (χ1n) is 5.37. The minimum atomic E-state index is -4.50. The maximum atomic E-state index is 12.6. The van der Waals surface area contributed by atoms with Crippen LogP contribution in [-0.2, 0) is 19.1 Å². The van der Waals surface area contributed by atoms with Gasteiger partial charge in [0.15, 0.2) is 0 Å². The van der Waals surface area contributed by atoms with E-state index in [-0.39, 0.29) is 0 Å². The highest BCUT2D eigenvalue weighted by atomic mass is 19.4. The minimum Gasteiger partial charge on any atom is -0.468 e. The molecule has 0 fully saturated rings. The molecule has 0 amide bonds. The predicted octanol–water partition coefficient (Wildman–Crippen LogP) is -0.228. The Morgan fingerprint density at radius 3 is 1.84 bits per heavy atom. The highest BCUT2D eigenvalue weighted by Crippen LogP contribution is 2.26. The van der Waals surface area contributed by atoms with Crippen LogP contribution in [-0.4, -0.2) is 63.4 Å². The number of nitrogens with two attached hydrogens (primary N) is 1. The Kier molecular flexibility index (Phi) is 7.38. The highest BCUT2D eigenvalue weighted by Gasteiger charge is 2.40. The zero-order valence-corrected chi connectivity index (χ0v) is 10.7. The summed E-state index contributed by atoms with van der Waals surface area (Å²) in [4.78, 5) is 23.2. The molecule has 0 spiro atoms. The number of halogens is 3. The number of rotatable bonds is 7.